The standard InChI is InChI=1S/C26H23N3O5S/c1-16(23(30)27-18-8-7-11-20(15-18)33-2)35-26-28-22-14-17(25(32)34-3)12-13-21(22)24(31)29(26)19-9-5-4-6-10-19/h4-16H,1-3H3,(H,27,30). The molecule has 0 fully saturated rings. The zero-order chi connectivity index (χ0) is 24.9. The Hall–Kier alpha value is -4.11. The van der Waals surface area contributed by atoms with Crippen molar-refractivity contribution in [1.29, 1.82) is 0 Å². The summed E-state index contributed by atoms with van der Waals surface area (Å²) in [5.74, 6) is -0.166. The molecule has 1 heterocycles. The smallest absolute Gasteiger partial charge is 0.337 e. The van der Waals surface area contributed by atoms with Crippen LogP contribution in [0.1, 0.15) is 17.3 Å². The quantitative estimate of drug-likeness (QED) is 0.235. The molecule has 0 bridgehead atoms. The Labute approximate surface area is 205 Å². The summed E-state index contributed by atoms with van der Waals surface area (Å²) < 4.78 is 11.5. The van der Waals surface area contributed by atoms with Crippen LogP contribution < -0.4 is 15.6 Å². The number of hydrogen-bond acceptors (Lipinski definition) is 7. The first-order chi connectivity index (χ1) is 16.9. The highest BCUT2D eigenvalue weighted by Gasteiger charge is 2.21. The summed E-state index contributed by atoms with van der Waals surface area (Å²) in [7, 11) is 2.84. The highest BCUT2D eigenvalue weighted by atomic mass is 32.2. The van der Waals surface area contributed by atoms with Crippen molar-refractivity contribution in [2.24, 2.45) is 0 Å². The van der Waals surface area contributed by atoms with Gasteiger partial charge in [0.25, 0.3) is 5.56 Å². The molecule has 4 rings (SSSR count). The van der Waals surface area contributed by atoms with Crippen LogP contribution in [0.25, 0.3) is 16.6 Å². The van der Waals surface area contributed by atoms with Crippen LogP contribution in [-0.4, -0.2) is 40.9 Å². The van der Waals surface area contributed by atoms with Gasteiger partial charge in [0, 0.05) is 11.8 Å². The number of para-hydroxylation sites is 1. The average molecular weight is 490 g/mol. The van der Waals surface area contributed by atoms with Gasteiger partial charge in [-0.05, 0) is 49.4 Å². The van der Waals surface area contributed by atoms with Gasteiger partial charge in [0.2, 0.25) is 5.91 Å². The second kappa shape index (κ2) is 10.4. The predicted molar refractivity (Wildman–Crippen MR) is 136 cm³/mol. The lowest BCUT2D eigenvalue weighted by Gasteiger charge is -2.17. The molecule has 0 aliphatic rings. The van der Waals surface area contributed by atoms with E-state index in [1.807, 2.05) is 18.2 Å². The Bertz CT molecular complexity index is 1450. The van der Waals surface area contributed by atoms with Crippen molar-refractivity contribution in [3.8, 4) is 11.4 Å². The maximum absolute atomic E-state index is 13.5. The molecule has 3 aromatic carbocycles. The third-order valence-electron chi connectivity index (χ3n) is 5.26. The van der Waals surface area contributed by atoms with Gasteiger partial charge in [0.05, 0.1) is 41.6 Å². The molecule has 0 aliphatic carbocycles. The number of methoxy groups -OCH3 is 2. The Balaban J connectivity index is 1.74. The Morgan fingerprint density at radius 1 is 1.00 bits per heavy atom. The largest absolute Gasteiger partial charge is 0.497 e. The maximum Gasteiger partial charge on any atom is 0.337 e. The molecule has 0 saturated carbocycles. The SMILES string of the molecule is COC(=O)c1ccc2c(=O)n(-c3ccccc3)c(SC(C)C(=O)Nc3cccc(OC)c3)nc2c1. The highest BCUT2D eigenvalue weighted by molar-refractivity contribution is 8.00. The number of carbonyl (C=O) groups excluding carboxylic acids is 2. The first kappa shape index (κ1) is 24.0. The van der Waals surface area contributed by atoms with E-state index in [-0.39, 0.29) is 17.0 Å². The number of thioether (sulfide) groups is 1. The molecule has 8 nitrogen and oxygen atoms in total. The van der Waals surface area contributed by atoms with Gasteiger partial charge in [0.1, 0.15) is 5.75 Å². The van der Waals surface area contributed by atoms with Crippen molar-refractivity contribution in [2.75, 3.05) is 19.5 Å². The predicted octanol–water partition coefficient (Wildman–Crippen LogP) is 4.30. The lowest BCUT2D eigenvalue weighted by molar-refractivity contribution is -0.115. The third-order valence-corrected chi connectivity index (χ3v) is 6.32. The first-order valence-corrected chi connectivity index (χ1v) is 11.6. The van der Waals surface area contributed by atoms with Gasteiger partial charge in [-0.15, -0.1) is 0 Å². The van der Waals surface area contributed by atoms with Crippen molar-refractivity contribution in [3.05, 3.63) is 88.7 Å². The molecule has 35 heavy (non-hydrogen) atoms. The van der Waals surface area contributed by atoms with Gasteiger partial charge in [-0.25, -0.2) is 9.78 Å². The summed E-state index contributed by atoms with van der Waals surface area (Å²) in [5, 5.41) is 2.94. The minimum absolute atomic E-state index is 0.263. The van der Waals surface area contributed by atoms with Crippen molar-refractivity contribution in [3.63, 3.8) is 0 Å². The van der Waals surface area contributed by atoms with Crippen LogP contribution in [0.4, 0.5) is 5.69 Å². The van der Waals surface area contributed by atoms with Gasteiger partial charge in [-0.1, -0.05) is 36.0 Å². The van der Waals surface area contributed by atoms with Gasteiger partial charge in [-0.3, -0.25) is 14.2 Å². The fourth-order valence-corrected chi connectivity index (χ4v) is 4.38. The summed E-state index contributed by atoms with van der Waals surface area (Å²) in [6, 6.07) is 20.7. The Morgan fingerprint density at radius 2 is 1.77 bits per heavy atom. The van der Waals surface area contributed by atoms with Crippen LogP contribution in [0, 0.1) is 0 Å². The lowest BCUT2D eigenvalue weighted by atomic mass is 10.1. The number of fused-ring (bicyclic) bond motifs is 1. The Kier molecular flexibility index (Phi) is 7.17. The van der Waals surface area contributed by atoms with Crippen LogP contribution in [0.2, 0.25) is 0 Å². The molecular weight excluding hydrogens is 466 g/mol. The summed E-state index contributed by atoms with van der Waals surface area (Å²) in [6.45, 7) is 1.73. The van der Waals surface area contributed by atoms with Crippen molar-refractivity contribution < 1.29 is 19.1 Å². The van der Waals surface area contributed by atoms with E-state index in [1.54, 1.807) is 56.5 Å². The topological polar surface area (TPSA) is 99.5 Å². The minimum Gasteiger partial charge on any atom is -0.497 e. The number of benzene rings is 3. The number of anilines is 1. The zero-order valence-corrected chi connectivity index (χ0v) is 20.2. The van der Waals surface area contributed by atoms with Crippen molar-refractivity contribution in [2.45, 2.75) is 17.3 Å². The summed E-state index contributed by atoms with van der Waals surface area (Å²) in [5.41, 5.74) is 1.53. The van der Waals surface area contributed by atoms with E-state index < -0.39 is 11.2 Å². The van der Waals surface area contributed by atoms with E-state index in [4.69, 9.17) is 9.47 Å². The zero-order valence-electron chi connectivity index (χ0n) is 19.3. The number of nitrogens with zero attached hydrogens (tertiary/aromatic N) is 2. The number of carbonyl (C=O) groups is 2. The molecule has 1 atom stereocenters. The molecule has 4 aromatic rings. The van der Waals surface area contributed by atoms with Crippen molar-refractivity contribution in [1.82, 2.24) is 9.55 Å². The van der Waals surface area contributed by atoms with E-state index >= 15 is 0 Å². The fourth-order valence-electron chi connectivity index (χ4n) is 3.45. The monoisotopic (exact) mass is 489 g/mol. The average Bonchev–Trinajstić information content (AvgIpc) is 2.88. The number of nitrogens with one attached hydrogen (secondary N) is 1. The second-order valence-corrected chi connectivity index (χ2v) is 8.88. The molecular formula is C26H23N3O5S. The van der Waals surface area contributed by atoms with Gasteiger partial charge in [0.15, 0.2) is 5.16 Å². The summed E-state index contributed by atoms with van der Waals surface area (Å²) >= 11 is 1.14. The molecule has 1 N–H and O–H groups in total. The number of hydrogen-bond donors (Lipinski definition) is 1. The van der Waals surface area contributed by atoms with E-state index in [2.05, 4.69) is 10.3 Å². The molecule has 1 aromatic heterocycles. The van der Waals surface area contributed by atoms with E-state index in [9.17, 15) is 14.4 Å². The Morgan fingerprint density at radius 3 is 2.49 bits per heavy atom. The van der Waals surface area contributed by atoms with Crippen LogP contribution in [0.15, 0.2) is 82.7 Å². The van der Waals surface area contributed by atoms with Crippen LogP contribution in [0.3, 0.4) is 0 Å². The number of esters is 1. The van der Waals surface area contributed by atoms with Gasteiger partial charge in [-0.2, -0.15) is 0 Å². The number of ether oxygens (including phenoxy) is 2. The molecule has 1 amide bonds. The molecule has 178 valence electrons. The molecule has 0 saturated heterocycles. The molecule has 9 heteroatoms. The molecule has 0 radical (unpaired) electrons. The molecule has 0 spiro atoms. The lowest BCUT2D eigenvalue weighted by Crippen LogP contribution is -2.26. The first-order valence-electron chi connectivity index (χ1n) is 10.7. The third kappa shape index (κ3) is 5.20. The van der Waals surface area contributed by atoms with Crippen LogP contribution >= 0.6 is 11.8 Å². The normalized spacial score (nSPS) is 11.6. The van der Waals surface area contributed by atoms with E-state index in [0.29, 0.717) is 33.2 Å². The number of rotatable bonds is 7. The van der Waals surface area contributed by atoms with Gasteiger partial charge >= 0.3 is 5.97 Å². The molecule has 1 unspecified atom stereocenters. The second-order valence-electron chi connectivity index (χ2n) is 7.58. The highest BCUT2D eigenvalue weighted by Crippen LogP contribution is 2.27. The number of amides is 1. The van der Waals surface area contributed by atoms with E-state index in [0.717, 1.165) is 11.8 Å². The molecule has 0 aliphatic heterocycles. The van der Waals surface area contributed by atoms with E-state index in [1.165, 1.54) is 23.8 Å². The van der Waals surface area contributed by atoms with Crippen LogP contribution in [0.5, 0.6) is 5.75 Å². The van der Waals surface area contributed by atoms with Gasteiger partial charge < -0.3 is 14.8 Å². The fraction of sp³-hybridized carbons (Fsp3) is 0.154. The minimum atomic E-state index is -0.593. The summed E-state index contributed by atoms with van der Waals surface area (Å²) in [4.78, 5) is 43.1. The maximum atomic E-state index is 13.5. The number of aromatic nitrogens is 2. The van der Waals surface area contributed by atoms with Crippen LogP contribution in [-0.2, 0) is 9.53 Å². The van der Waals surface area contributed by atoms with Crippen molar-refractivity contribution >= 4 is 40.2 Å². The summed E-state index contributed by atoms with van der Waals surface area (Å²) in [6.07, 6.45) is 0.